The van der Waals surface area contributed by atoms with Gasteiger partial charge in [-0.3, -0.25) is 0 Å². The van der Waals surface area contributed by atoms with E-state index in [4.69, 9.17) is 9.97 Å². The maximum absolute atomic E-state index is 4.78. The fourth-order valence-electron chi connectivity index (χ4n) is 2.13. The highest BCUT2D eigenvalue weighted by Gasteiger charge is 2.29. The second kappa shape index (κ2) is 7.36. The second-order valence-electron chi connectivity index (χ2n) is 4.47. The molecule has 1 fully saturated rings. The van der Waals surface area contributed by atoms with E-state index in [0.717, 1.165) is 27.5 Å². The molecule has 1 saturated heterocycles. The molecule has 0 radical (unpaired) electrons. The van der Waals surface area contributed by atoms with E-state index in [1.165, 1.54) is 17.9 Å². The minimum absolute atomic E-state index is 0.442. The summed E-state index contributed by atoms with van der Waals surface area (Å²) >= 11 is 6.42. The Morgan fingerprint density at radius 1 is 1.26 bits per heavy atom. The Morgan fingerprint density at radius 2 is 2.00 bits per heavy atom. The van der Waals surface area contributed by atoms with Gasteiger partial charge in [0.1, 0.15) is 11.6 Å². The van der Waals surface area contributed by atoms with Crippen LogP contribution in [0.2, 0.25) is 0 Å². The van der Waals surface area contributed by atoms with Crippen LogP contribution < -0.4 is 5.32 Å². The molecule has 2 rings (SSSR count). The molecule has 0 amide bonds. The van der Waals surface area contributed by atoms with Crippen molar-refractivity contribution in [3.63, 3.8) is 0 Å². The highest BCUT2D eigenvalue weighted by molar-refractivity contribution is 14.1. The van der Waals surface area contributed by atoms with Gasteiger partial charge in [-0.25, -0.2) is 9.97 Å². The molecule has 0 bridgehead atoms. The van der Waals surface area contributed by atoms with Gasteiger partial charge in [-0.2, -0.15) is 11.8 Å². The van der Waals surface area contributed by atoms with E-state index in [-0.39, 0.29) is 0 Å². The van der Waals surface area contributed by atoms with Crippen molar-refractivity contribution >= 4 is 51.9 Å². The lowest BCUT2D eigenvalue weighted by Crippen LogP contribution is -2.21. The van der Waals surface area contributed by atoms with Crippen molar-refractivity contribution in [1.82, 2.24) is 9.97 Å². The third-order valence-corrected chi connectivity index (χ3v) is 7.62. The van der Waals surface area contributed by atoms with Crippen molar-refractivity contribution in [2.75, 3.05) is 23.4 Å². The van der Waals surface area contributed by atoms with Crippen LogP contribution in [0.15, 0.2) is 0 Å². The Hall–Kier alpha value is 0.310. The third-order valence-electron chi connectivity index (χ3n) is 3.09. The summed E-state index contributed by atoms with van der Waals surface area (Å²) in [4.78, 5) is 9.53. The monoisotopic (exact) mass is 409 g/mol. The van der Waals surface area contributed by atoms with Crippen molar-refractivity contribution in [2.24, 2.45) is 0 Å². The lowest BCUT2D eigenvalue weighted by Gasteiger charge is -2.29. The van der Waals surface area contributed by atoms with Gasteiger partial charge in [-0.1, -0.05) is 6.92 Å². The van der Waals surface area contributed by atoms with Crippen molar-refractivity contribution in [3.05, 3.63) is 15.1 Å². The number of hydrogen-bond acceptors (Lipinski definition) is 5. The predicted molar refractivity (Wildman–Crippen MR) is 95.4 cm³/mol. The predicted octanol–water partition coefficient (Wildman–Crippen LogP) is 4.12. The van der Waals surface area contributed by atoms with Gasteiger partial charge in [0.25, 0.3) is 0 Å². The van der Waals surface area contributed by atoms with Gasteiger partial charge in [0.2, 0.25) is 0 Å². The van der Waals surface area contributed by atoms with Crippen LogP contribution in [0.25, 0.3) is 0 Å². The van der Waals surface area contributed by atoms with E-state index in [0.29, 0.717) is 10.5 Å². The SMILES string of the molecule is CCNc1nc(C2SCCSC2CC)nc(C)c1I. The number of aromatic nitrogens is 2. The summed E-state index contributed by atoms with van der Waals surface area (Å²) < 4.78 is 1.14. The average Bonchev–Trinajstić information content (AvgIpc) is 2.43. The Bertz CT molecular complexity index is 442. The zero-order valence-corrected chi connectivity index (χ0v) is 15.4. The number of halogens is 1. The summed E-state index contributed by atoms with van der Waals surface area (Å²) in [7, 11) is 0. The topological polar surface area (TPSA) is 37.8 Å². The number of nitrogens with zero attached hydrogens (tertiary/aromatic N) is 2. The van der Waals surface area contributed by atoms with Gasteiger partial charge in [0.05, 0.1) is 14.5 Å². The number of anilines is 1. The number of nitrogens with one attached hydrogen (secondary N) is 1. The molecule has 1 aliphatic heterocycles. The maximum Gasteiger partial charge on any atom is 0.145 e. The zero-order valence-electron chi connectivity index (χ0n) is 11.6. The molecule has 0 saturated carbocycles. The van der Waals surface area contributed by atoms with Crippen LogP contribution in [-0.4, -0.2) is 33.3 Å². The Kier molecular flexibility index (Phi) is 6.08. The van der Waals surface area contributed by atoms with Crippen LogP contribution in [0.5, 0.6) is 0 Å². The molecule has 0 aromatic carbocycles. The Balaban J connectivity index is 2.32. The molecule has 2 atom stereocenters. The quantitative estimate of drug-likeness (QED) is 0.758. The van der Waals surface area contributed by atoms with Gasteiger partial charge in [-0.05, 0) is 42.9 Å². The van der Waals surface area contributed by atoms with E-state index in [2.05, 4.69) is 60.4 Å². The smallest absolute Gasteiger partial charge is 0.145 e. The molecule has 3 nitrogen and oxygen atoms in total. The zero-order chi connectivity index (χ0) is 13.8. The molecule has 19 heavy (non-hydrogen) atoms. The van der Waals surface area contributed by atoms with E-state index in [1.807, 2.05) is 11.8 Å². The molecular formula is C13H20IN3S2. The number of thioether (sulfide) groups is 2. The highest BCUT2D eigenvalue weighted by Crippen LogP contribution is 2.43. The van der Waals surface area contributed by atoms with Gasteiger partial charge in [-0.15, -0.1) is 11.8 Å². The van der Waals surface area contributed by atoms with E-state index in [9.17, 15) is 0 Å². The summed E-state index contributed by atoms with van der Waals surface area (Å²) in [6.45, 7) is 7.35. The summed E-state index contributed by atoms with van der Waals surface area (Å²) in [6, 6.07) is 0. The summed E-state index contributed by atoms with van der Waals surface area (Å²) in [5, 5.41) is 4.44. The molecule has 1 aromatic heterocycles. The van der Waals surface area contributed by atoms with Crippen LogP contribution in [0.1, 0.15) is 37.0 Å². The molecule has 1 N–H and O–H groups in total. The molecule has 1 aliphatic rings. The van der Waals surface area contributed by atoms with Crippen LogP contribution in [0.4, 0.5) is 5.82 Å². The molecule has 0 spiro atoms. The van der Waals surface area contributed by atoms with Crippen molar-refractivity contribution in [1.29, 1.82) is 0 Å². The van der Waals surface area contributed by atoms with E-state index >= 15 is 0 Å². The molecule has 0 aliphatic carbocycles. The molecule has 6 heteroatoms. The van der Waals surface area contributed by atoms with Crippen LogP contribution in [-0.2, 0) is 0 Å². The maximum atomic E-state index is 4.78. The second-order valence-corrected chi connectivity index (χ2v) is 8.14. The van der Waals surface area contributed by atoms with Crippen molar-refractivity contribution < 1.29 is 0 Å². The van der Waals surface area contributed by atoms with Crippen molar-refractivity contribution in [2.45, 2.75) is 37.7 Å². The first-order chi connectivity index (χ1) is 9.17. The Morgan fingerprint density at radius 3 is 2.68 bits per heavy atom. The van der Waals surface area contributed by atoms with E-state index in [1.54, 1.807) is 0 Å². The van der Waals surface area contributed by atoms with Crippen LogP contribution in [0, 0.1) is 10.5 Å². The van der Waals surface area contributed by atoms with Gasteiger partial charge >= 0.3 is 0 Å². The number of aryl methyl sites for hydroxylation is 1. The summed E-state index contributed by atoms with van der Waals surface area (Å²) in [6.07, 6.45) is 1.19. The molecule has 1 aromatic rings. The minimum atomic E-state index is 0.442. The normalized spacial score (nSPS) is 23.4. The van der Waals surface area contributed by atoms with Crippen molar-refractivity contribution in [3.8, 4) is 0 Å². The number of rotatable bonds is 4. The first kappa shape index (κ1) is 15.7. The van der Waals surface area contributed by atoms with Crippen LogP contribution >= 0.6 is 46.1 Å². The first-order valence-electron chi connectivity index (χ1n) is 6.68. The third kappa shape index (κ3) is 3.69. The summed E-state index contributed by atoms with van der Waals surface area (Å²) in [5.41, 5.74) is 1.09. The molecule has 2 unspecified atom stereocenters. The number of hydrogen-bond donors (Lipinski definition) is 1. The largest absolute Gasteiger partial charge is 0.369 e. The average molecular weight is 409 g/mol. The lowest BCUT2D eigenvalue weighted by atomic mass is 10.2. The van der Waals surface area contributed by atoms with Gasteiger partial charge in [0, 0.05) is 23.3 Å². The minimum Gasteiger partial charge on any atom is -0.369 e. The van der Waals surface area contributed by atoms with Gasteiger partial charge < -0.3 is 5.32 Å². The highest BCUT2D eigenvalue weighted by atomic mass is 127. The van der Waals surface area contributed by atoms with E-state index < -0.39 is 0 Å². The lowest BCUT2D eigenvalue weighted by molar-refractivity contribution is 0.744. The van der Waals surface area contributed by atoms with Crippen LogP contribution in [0.3, 0.4) is 0 Å². The van der Waals surface area contributed by atoms with Gasteiger partial charge in [0.15, 0.2) is 0 Å². The standard InChI is InChI=1S/C13H20IN3S2/c1-4-9-11(19-7-6-18-9)13-16-8(3)10(14)12(17-13)15-5-2/h9,11H,4-7H2,1-3H3,(H,15,16,17). The molecule has 106 valence electrons. The summed E-state index contributed by atoms with van der Waals surface area (Å²) in [5.74, 6) is 4.47. The first-order valence-corrected chi connectivity index (χ1v) is 9.86. The molecular weight excluding hydrogens is 389 g/mol. The fraction of sp³-hybridized carbons (Fsp3) is 0.692. The molecule has 2 heterocycles. The fourth-order valence-corrected chi connectivity index (χ4v) is 5.56. The Labute approximate surface area is 137 Å².